The molecule has 0 aliphatic rings. The third-order valence-corrected chi connectivity index (χ3v) is 4.56. The standard InChI is InChI=1S/C19H20N6O4/c1-13-17(14(2)29-22-13)12-23-11-15(10-20-23)25-18(26)21-24(19(25)27)8-9-28-16-6-4-3-5-7-16/h3-7,10-11H,8-9,12H2,1-2H3,(H,21,26). The molecule has 3 aromatic heterocycles. The van der Waals surface area contributed by atoms with Crippen molar-refractivity contribution in [2.75, 3.05) is 6.61 Å². The lowest BCUT2D eigenvalue weighted by atomic mass is 10.2. The Labute approximate surface area is 164 Å². The molecule has 0 spiro atoms. The van der Waals surface area contributed by atoms with Gasteiger partial charge < -0.3 is 9.26 Å². The average Bonchev–Trinajstić information content (AvgIpc) is 3.37. The van der Waals surface area contributed by atoms with Gasteiger partial charge in [-0.25, -0.2) is 23.9 Å². The first kappa shape index (κ1) is 18.5. The number of H-pyrrole nitrogens is 1. The fourth-order valence-electron chi connectivity index (χ4n) is 3.02. The molecule has 0 fully saturated rings. The highest BCUT2D eigenvalue weighted by atomic mass is 16.5. The quantitative estimate of drug-likeness (QED) is 0.503. The Morgan fingerprint density at radius 1 is 1.17 bits per heavy atom. The molecule has 10 heteroatoms. The van der Waals surface area contributed by atoms with E-state index >= 15 is 0 Å². The molecule has 4 rings (SSSR count). The van der Waals surface area contributed by atoms with Gasteiger partial charge >= 0.3 is 11.4 Å². The SMILES string of the molecule is Cc1noc(C)c1Cn1cc(-n2c(=O)[nH]n(CCOc3ccccc3)c2=O)cn1. The highest BCUT2D eigenvalue weighted by Crippen LogP contribution is 2.14. The number of para-hydroxylation sites is 1. The molecule has 1 aromatic carbocycles. The smallest absolute Gasteiger partial charge is 0.351 e. The summed E-state index contributed by atoms with van der Waals surface area (Å²) in [5, 5.41) is 10.7. The van der Waals surface area contributed by atoms with Crippen LogP contribution < -0.4 is 16.1 Å². The predicted octanol–water partition coefficient (Wildman–Crippen LogP) is 1.26. The molecule has 10 nitrogen and oxygen atoms in total. The number of aryl methyl sites for hydroxylation is 2. The first-order valence-electron chi connectivity index (χ1n) is 9.07. The molecule has 0 aliphatic heterocycles. The van der Waals surface area contributed by atoms with Crippen molar-refractivity contribution in [3.05, 3.63) is 80.7 Å². The lowest BCUT2D eigenvalue weighted by Crippen LogP contribution is -2.28. The van der Waals surface area contributed by atoms with E-state index in [9.17, 15) is 9.59 Å². The van der Waals surface area contributed by atoms with Crippen LogP contribution in [-0.2, 0) is 13.1 Å². The minimum Gasteiger partial charge on any atom is -0.492 e. The van der Waals surface area contributed by atoms with E-state index in [1.807, 2.05) is 44.2 Å². The average molecular weight is 396 g/mol. The minimum absolute atomic E-state index is 0.211. The van der Waals surface area contributed by atoms with Gasteiger partial charge in [0.2, 0.25) is 0 Å². The molecule has 0 saturated heterocycles. The third kappa shape index (κ3) is 3.77. The lowest BCUT2D eigenvalue weighted by molar-refractivity contribution is 0.288. The monoisotopic (exact) mass is 396 g/mol. The van der Waals surface area contributed by atoms with Crippen molar-refractivity contribution in [2.24, 2.45) is 0 Å². The van der Waals surface area contributed by atoms with Gasteiger partial charge in [0, 0.05) is 11.8 Å². The zero-order chi connectivity index (χ0) is 20.4. The van der Waals surface area contributed by atoms with Crippen molar-refractivity contribution in [2.45, 2.75) is 26.9 Å². The van der Waals surface area contributed by atoms with Gasteiger partial charge in [-0.2, -0.15) is 5.10 Å². The summed E-state index contributed by atoms with van der Waals surface area (Å²) < 4.78 is 14.6. The van der Waals surface area contributed by atoms with Crippen molar-refractivity contribution in [1.29, 1.82) is 0 Å². The van der Waals surface area contributed by atoms with Gasteiger partial charge in [-0.05, 0) is 26.0 Å². The molecule has 4 aromatic rings. The largest absolute Gasteiger partial charge is 0.492 e. The van der Waals surface area contributed by atoms with Gasteiger partial charge in [-0.15, -0.1) is 0 Å². The van der Waals surface area contributed by atoms with E-state index in [1.165, 1.54) is 10.9 Å². The van der Waals surface area contributed by atoms with Crippen LogP contribution in [0.3, 0.4) is 0 Å². The van der Waals surface area contributed by atoms with Crippen LogP contribution in [0.1, 0.15) is 17.0 Å². The molecule has 0 bridgehead atoms. The normalized spacial score (nSPS) is 11.1. The van der Waals surface area contributed by atoms with Gasteiger partial charge in [0.15, 0.2) is 0 Å². The van der Waals surface area contributed by atoms with Crippen LogP contribution in [0.2, 0.25) is 0 Å². The number of aromatic nitrogens is 6. The van der Waals surface area contributed by atoms with E-state index < -0.39 is 11.4 Å². The zero-order valence-electron chi connectivity index (χ0n) is 16.0. The van der Waals surface area contributed by atoms with Crippen LogP contribution in [0.4, 0.5) is 0 Å². The van der Waals surface area contributed by atoms with Crippen molar-refractivity contribution in [1.82, 2.24) is 29.3 Å². The first-order chi connectivity index (χ1) is 14.0. The van der Waals surface area contributed by atoms with E-state index in [2.05, 4.69) is 15.4 Å². The van der Waals surface area contributed by atoms with E-state index in [-0.39, 0.29) is 13.2 Å². The number of aromatic amines is 1. The highest BCUT2D eigenvalue weighted by Gasteiger charge is 2.15. The molecule has 29 heavy (non-hydrogen) atoms. The fourth-order valence-corrected chi connectivity index (χ4v) is 3.02. The second kappa shape index (κ2) is 7.66. The van der Waals surface area contributed by atoms with Crippen LogP contribution in [-0.4, -0.2) is 35.9 Å². The number of benzene rings is 1. The Bertz CT molecular complexity index is 1210. The maximum Gasteiger partial charge on any atom is 0.351 e. The van der Waals surface area contributed by atoms with Crippen LogP contribution in [0.25, 0.3) is 5.69 Å². The van der Waals surface area contributed by atoms with E-state index in [4.69, 9.17) is 9.26 Å². The Kier molecular flexibility index (Phi) is 4.90. The lowest BCUT2D eigenvalue weighted by Gasteiger charge is -2.05. The first-order valence-corrected chi connectivity index (χ1v) is 9.07. The zero-order valence-corrected chi connectivity index (χ0v) is 16.0. The molecule has 0 saturated carbocycles. The maximum atomic E-state index is 12.6. The number of hydrogen-bond acceptors (Lipinski definition) is 6. The van der Waals surface area contributed by atoms with Crippen LogP contribution in [0.15, 0.2) is 56.8 Å². The summed E-state index contributed by atoms with van der Waals surface area (Å²) in [6.45, 7) is 4.56. The maximum absolute atomic E-state index is 12.6. The number of nitrogens with one attached hydrogen (secondary N) is 1. The molecular weight excluding hydrogens is 376 g/mol. The number of rotatable bonds is 7. The predicted molar refractivity (Wildman–Crippen MR) is 103 cm³/mol. The van der Waals surface area contributed by atoms with Gasteiger partial charge in [0.05, 0.1) is 30.7 Å². The molecule has 1 N–H and O–H groups in total. The minimum atomic E-state index is -0.536. The third-order valence-electron chi connectivity index (χ3n) is 4.56. The fraction of sp³-hybridized carbons (Fsp3) is 0.263. The topological polar surface area (TPSA) is 113 Å². The summed E-state index contributed by atoms with van der Waals surface area (Å²) in [4.78, 5) is 25.0. The van der Waals surface area contributed by atoms with Crippen molar-refractivity contribution in [3.63, 3.8) is 0 Å². The van der Waals surface area contributed by atoms with E-state index in [0.717, 1.165) is 15.8 Å². The summed E-state index contributed by atoms with van der Waals surface area (Å²) in [5.74, 6) is 1.40. The Hall–Kier alpha value is -3.82. The Morgan fingerprint density at radius 2 is 1.97 bits per heavy atom. The molecule has 150 valence electrons. The second-order valence-electron chi connectivity index (χ2n) is 6.55. The summed E-state index contributed by atoms with van der Waals surface area (Å²) in [6.07, 6.45) is 3.10. The molecule has 0 amide bonds. The summed E-state index contributed by atoms with van der Waals surface area (Å²) >= 11 is 0. The van der Waals surface area contributed by atoms with Gasteiger partial charge in [0.1, 0.15) is 18.1 Å². The van der Waals surface area contributed by atoms with Crippen molar-refractivity contribution < 1.29 is 9.26 Å². The van der Waals surface area contributed by atoms with Gasteiger partial charge in [0.25, 0.3) is 0 Å². The van der Waals surface area contributed by atoms with Crippen molar-refractivity contribution in [3.8, 4) is 11.4 Å². The number of ether oxygens (including phenoxy) is 1. The van der Waals surface area contributed by atoms with Crippen LogP contribution in [0.5, 0.6) is 5.75 Å². The Morgan fingerprint density at radius 3 is 2.69 bits per heavy atom. The molecule has 0 aliphatic carbocycles. The second-order valence-corrected chi connectivity index (χ2v) is 6.55. The van der Waals surface area contributed by atoms with Crippen LogP contribution in [0, 0.1) is 13.8 Å². The van der Waals surface area contributed by atoms with Gasteiger partial charge in [-0.3, -0.25) is 4.68 Å². The van der Waals surface area contributed by atoms with E-state index in [1.54, 1.807) is 10.9 Å². The summed E-state index contributed by atoms with van der Waals surface area (Å²) in [5.41, 5.74) is 1.05. The Balaban J connectivity index is 1.50. The molecular formula is C19H20N6O4. The summed E-state index contributed by atoms with van der Waals surface area (Å²) in [7, 11) is 0. The highest BCUT2D eigenvalue weighted by molar-refractivity contribution is 5.26. The number of hydrogen-bond donors (Lipinski definition) is 1. The molecule has 0 unspecified atom stereocenters. The van der Waals surface area contributed by atoms with E-state index in [0.29, 0.717) is 23.7 Å². The summed E-state index contributed by atoms with van der Waals surface area (Å²) in [6, 6.07) is 9.26. The van der Waals surface area contributed by atoms with Crippen LogP contribution >= 0.6 is 0 Å². The molecule has 3 heterocycles. The van der Waals surface area contributed by atoms with Crippen molar-refractivity contribution >= 4 is 0 Å². The molecule has 0 radical (unpaired) electrons. The number of nitrogens with zero attached hydrogens (tertiary/aromatic N) is 5. The molecule has 0 atom stereocenters. The van der Waals surface area contributed by atoms with Gasteiger partial charge in [-0.1, -0.05) is 23.4 Å².